The zero-order chi connectivity index (χ0) is 16.3. The van der Waals surface area contributed by atoms with Crippen molar-refractivity contribution in [2.75, 3.05) is 31.1 Å². The lowest BCUT2D eigenvalue weighted by Crippen LogP contribution is -2.51. The fourth-order valence-electron chi connectivity index (χ4n) is 2.79. The van der Waals surface area contributed by atoms with Crippen molar-refractivity contribution in [3.05, 3.63) is 38.8 Å². The Morgan fingerprint density at radius 2 is 2.18 bits per heavy atom. The van der Waals surface area contributed by atoms with E-state index >= 15 is 0 Å². The van der Waals surface area contributed by atoms with E-state index in [1.54, 1.807) is 6.07 Å². The van der Waals surface area contributed by atoms with Crippen LogP contribution in [-0.2, 0) is 0 Å². The summed E-state index contributed by atoms with van der Waals surface area (Å²) in [5.41, 5.74) is 0.0386. The first-order chi connectivity index (χ1) is 10.5. The number of nitroso groups, excluding NO2 is 1. The lowest BCUT2D eigenvalue weighted by Gasteiger charge is -2.41. The van der Waals surface area contributed by atoms with Crippen LogP contribution in [0.15, 0.2) is 23.4 Å². The minimum Gasteiger partial charge on any atom is -0.366 e. The monoisotopic (exact) mass is 306 g/mol. The predicted octanol–water partition coefficient (Wildman–Crippen LogP) is 2.03. The maximum Gasteiger partial charge on any atom is 0.323 e. The Morgan fingerprint density at radius 3 is 2.73 bits per heavy atom. The Morgan fingerprint density at radius 1 is 1.45 bits per heavy atom. The van der Waals surface area contributed by atoms with Gasteiger partial charge in [-0.3, -0.25) is 19.8 Å². The number of nitro groups is 1. The van der Waals surface area contributed by atoms with Crippen LogP contribution >= 0.6 is 0 Å². The van der Waals surface area contributed by atoms with Crippen molar-refractivity contribution in [2.24, 2.45) is 5.18 Å². The highest BCUT2D eigenvalue weighted by Gasteiger charge is 2.27. The summed E-state index contributed by atoms with van der Waals surface area (Å²) in [6, 6.07) is 4.46. The average molecular weight is 306 g/mol. The van der Waals surface area contributed by atoms with E-state index in [9.17, 15) is 19.8 Å². The van der Waals surface area contributed by atoms with Gasteiger partial charge in [0.1, 0.15) is 5.56 Å². The summed E-state index contributed by atoms with van der Waals surface area (Å²) in [5, 5.41) is 13.3. The van der Waals surface area contributed by atoms with Crippen LogP contribution < -0.4 is 4.90 Å². The van der Waals surface area contributed by atoms with Gasteiger partial charge in [0.2, 0.25) is 0 Å². The number of likely N-dealkylation sites (N-methyl/N-ethyl adjacent to an activating group) is 1. The SMILES string of the molecule is CCN1CCN(c2ccc([N+](=O)[O-])c(C(=O)N=O)c2)[C@@H](C)C1. The Bertz CT molecular complexity index is 605. The second-order valence-electron chi connectivity index (χ2n) is 5.29. The van der Waals surface area contributed by atoms with Gasteiger partial charge in [0.05, 0.1) is 4.92 Å². The Labute approximate surface area is 127 Å². The van der Waals surface area contributed by atoms with Gasteiger partial charge in [0.25, 0.3) is 5.69 Å². The highest BCUT2D eigenvalue weighted by Crippen LogP contribution is 2.28. The molecular weight excluding hydrogens is 288 g/mol. The molecule has 8 nitrogen and oxygen atoms in total. The number of hydrogen-bond donors (Lipinski definition) is 0. The van der Waals surface area contributed by atoms with E-state index in [1.807, 2.05) is 0 Å². The minimum absolute atomic E-state index is 0.210. The third-order valence-corrected chi connectivity index (χ3v) is 3.98. The van der Waals surface area contributed by atoms with Crippen LogP contribution in [0.5, 0.6) is 0 Å². The first kappa shape index (κ1) is 16.0. The molecule has 8 heteroatoms. The Kier molecular flexibility index (Phi) is 4.81. The quantitative estimate of drug-likeness (QED) is 0.480. The Balaban J connectivity index is 2.34. The molecule has 0 aromatic heterocycles. The number of benzene rings is 1. The van der Waals surface area contributed by atoms with Crippen LogP contribution in [0.2, 0.25) is 0 Å². The molecule has 0 bridgehead atoms. The van der Waals surface area contributed by atoms with Gasteiger partial charge in [0, 0.05) is 42.6 Å². The van der Waals surface area contributed by atoms with Crippen LogP contribution in [0.3, 0.4) is 0 Å². The molecule has 1 aliphatic rings. The normalized spacial score (nSPS) is 19.0. The van der Waals surface area contributed by atoms with Crippen molar-refractivity contribution in [2.45, 2.75) is 19.9 Å². The van der Waals surface area contributed by atoms with Crippen molar-refractivity contribution in [1.82, 2.24) is 4.90 Å². The Hall–Kier alpha value is -2.35. The molecular formula is C14H18N4O4. The molecule has 1 aromatic rings. The number of carbonyl (C=O) groups excluding carboxylic acids is 1. The average Bonchev–Trinajstić information content (AvgIpc) is 2.53. The molecule has 1 heterocycles. The molecule has 2 rings (SSSR count). The largest absolute Gasteiger partial charge is 0.366 e. The van der Waals surface area contributed by atoms with Gasteiger partial charge in [0.15, 0.2) is 0 Å². The molecule has 1 fully saturated rings. The summed E-state index contributed by atoms with van der Waals surface area (Å²) in [6.07, 6.45) is 0. The van der Waals surface area contributed by atoms with E-state index in [0.717, 1.165) is 26.2 Å². The molecule has 1 aliphatic heterocycles. The lowest BCUT2D eigenvalue weighted by molar-refractivity contribution is -0.385. The van der Waals surface area contributed by atoms with Crippen molar-refractivity contribution in [1.29, 1.82) is 0 Å². The number of rotatable bonds is 4. The lowest BCUT2D eigenvalue weighted by atomic mass is 10.1. The molecule has 0 unspecified atom stereocenters. The molecule has 0 N–H and O–H groups in total. The topological polar surface area (TPSA) is 96.1 Å². The van der Waals surface area contributed by atoms with Gasteiger partial charge in [-0.25, -0.2) is 0 Å². The summed E-state index contributed by atoms with van der Waals surface area (Å²) in [7, 11) is 0. The van der Waals surface area contributed by atoms with E-state index in [2.05, 4.69) is 28.8 Å². The highest BCUT2D eigenvalue weighted by molar-refractivity contribution is 5.99. The van der Waals surface area contributed by atoms with E-state index < -0.39 is 16.5 Å². The molecule has 0 radical (unpaired) electrons. The number of anilines is 1. The molecule has 0 saturated carbocycles. The van der Waals surface area contributed by atoms with Crippen LogP contribution in [0.25, 0.3) is 0 Å². The number of hydrogen-bond acceptors (Lipinski definition) is 6. The predicted molar refractivity (Wildman–Crippen MR) is 82.1 cm³/mol. The number of nitro benzene ring substituents is 1. The minimum atomic E-state index is -1.12. The summed E-state index contributed by atoms with van der Waals surface area (Å²) in [6.45, 7) is 7.64. The molecule has 1 amide bonds. The molecule has 118 valence electrons. The van der Waals surface area contributed by atoms with E-state index in [4.69, 9.17) is 0 Å². The van der Waals surface area contributed by atoms with Gasteiger partial charge in [-0.05, 0) is 25.6 Å². The van der Waals surface area contributed by atoms with Crippen LogP contribution in [-0.4, -0.2) is 48.0 Å². The van der Waals surface area contributed by atoms with Gasteiger partial charge >= 0.3 is 5.91 Å². The maximum absolute atomic E-state index is 11.5. The highest BCUT2D eigenvalue weighted by atomic mass is 16.6. The second-order valence-corrected chi connectivity index (χ2v) is 5.29. The van der Waals surface area contributed by atoms with Crippen molar-refractivity contribution in [3.8, 4) is 0 Å². The fourth-order valence-corrected chi connectivity index (χ4v) is 2.79. The first-order valence-electron chi connectivity index (χ1n) is 7.13. The zero-order valence-corrected chi connectivity index (χ0v) is 12.6. The molecule has 1 aromatic carbocycles. The van der Waals surface area contributed by atoms with Crippen LogP contribution in [0.1, 0.15) is 24.2 Å². The number of carbonyl (C=O) groups is 1. The molecule has 0 spiro atoms. The summed E-state index contributed by atoms with van der Waals surface area (Å²) >= 11 is 0. The number of nitrogens with zero attached hydrogens (tertiary/aromatic N) is 4. The third kappa shape index (κ3) is 3.11. The second kappa shape index (κ2) is 6.61. The zero-order valence-electron chi connectivity index (χ0n) is 12.6. The fraction of sp³-hybridized carbons (Fsp3) is 0.500. The summed E-state index contributed by atoms with van der Waals surface area (Å²) in [4.78, 5) is 36.7. The molecule has 1 atom stereocenters. The van der Waals surface area contributed by atoms with Crippen LogP contribution in [0.4, 0.5) is 11.4 Å². The smallest absolute Gasteiger partial charge is 0.323 e. The number of amides is 1. The first-order valence-corrected chi connectivity index (χ1v) is 7.13. The third-order valence-electron chi connectivity index (χ3n) is 3.98. The van der Waals surface area contributed by atoms with Gasteiger partial charge in [-0.1, -0.05) is 6.92 Å². The van der Waals surface area contributed by atoms with E-state index in [-0.39, 0.29) is 11.6 Å². The van der Waals surface area contributed by atoms with Crippen molar-refractivity contribution >= 4 is 17.3 Å². The standard InChI is InChI=1S/C14H18N4O4/c1-3-16-6-7-17(10(2)9-16)11-4-5-13(18(21)22)12(8-11)14(19)15-20/h4-5,8,10H,3,6-7,9H2,1-2H3/t10-/m0/s1. The van der Waals surface area contributed by atoms with Crippen LogP contribution in [0, 0.1) is 15.0 Å². The van der Waals surface area contributed by atoms with Gasteiger partial charge < -0.3 is 4.90 Å². The molecule has 22 heavy (non-hydrogen) atoms. The van der Waals surface area contributed by atoms with Gasteiger partial charge in [-0.2, -0.15) is 0 Å². The van der Waals surface area contributed by atoms with E-state index in [0.29, 0.717) is 5.69 Å². The van der Waals surface area contributed by atoms with E-state index in [1.165, 1.54) is 12.1 Å². The summed E-state index contributed by atoms with van der Waals surface area (Å²) < 4.78 is 0. The van der Waals surface area contributed by atoms with Gasteiger partial charge in [-0.15, -0.1) is 4.91 Å². The molecule has 1 saturated heterocycles. The molecule has 0 aliphatic carbocycles. The number of piperazine rings is 1. The maximum atomic E-state index is 11.5. The van der Waals surface area contributed by atoms with Crippen molar-refractivity contribution in [3.63, 3.8) is 0 Å². The van der Waals surface area contributed by atoms with Crippen molar-refractivity contribution < 1.29 is 9.72 Å². The summed E-state index contributed by atoms with van der Waals surface area (Å²) in [5.74, 6) is -1.12.